The van der Waals surface area contributed by atoms with Crippen LogP contribution in [0.1, 0.15) is 24.0 Å². The standard InChI is InChI=1S/C21H27N5O/c1-27-21-6-5-18(12-20(21)16-26-10-3-7-23-26)13-24-9-2-4-19(14-24)15-25-11-8-22-17-25/h3,5-8,10-12,17,19H,2,4,9,13-16H2,1H3/t19-/m1/s1. The lowest BCUT2D eigenvalue weighted by Gasteiger charge is -2.33. The molecule has 1 saturated heterocycles. The van der Waals surface area contributed by atoms with Gasteiger partial charge in [-0.15, -0.1) is 0 Å². The predicted octanol–water partition coefficient (Wildman–Crippen LogP) is 3.05. The summed E-state index contributed by atoms with van der Waals surface area (Å²) < 4.78 is 9.68. The fourth-order valence-electron chi connectivity index (χ4n) is 4.02. The molecule has 27 heavy (non-hydrogen) atoms. The van der Waals surface area contributed by atoms with Crippen molar-refractivity contribution in [3.05, 3.63) is 66.5 Å². The van der Waals surface area contributed by atoms with Gasteiger partial charge in [-0.1, -0.05) is 6.07 Å². The van der Waals surface area contributed by atoms with E-state index in [0.29, 0.717) is 5.92 Å². The lowest BCUT2D eigenvalue weighted by molar-refractivity contribution is 0.156. The third kappa shape index (κ3) is 4.57. The third-order valence-corrected chi connectivity index (χ3v) is 5.27. The Kier molecular flexibility index (Phi) is 5.53. The van der Waals surface area contributed by atoms with Crippen molar-refractivity contribution >= 4 is 0 Å². The molecule has 6 heteroatoms. The van der Waals surface area contributed by atoms with E-state index >= 15 is 0 Å². The molecule has 0 N–H and O–H groups in total. The molecule has 0 amide bonds. The predicted molar refractivity (Wildman–Crippen MR) is 105 cm³/mol. The average Bonchev–Trinajstić information content (AvgIpc) is 3.37. The van der Waals surface area contributed by atoms with E-state index in [-0.39, 0.29) is 0 Å². The number of methoxy groups -OCH3 is 1. The number of ether oxygens (including phenoxy) is 1. The van der Waals surface area contributed by atoms with Gasteiger partial charge in [-0.05, 0) is 49.1 Å². The molecule has 6 nitrogen and oxygen atoms in total. The van der Waals surface area contributed by atoms with Crippen LogP contribution in [-0.4, -0.2) is 44.4 Å². The summed E-state index contributed by atoms with van der Waals surface area (Å²) >= 11 is 0. The zero-order chi connectivity index (χ0) is 18.5. The highest BCUT2D eigenvalue weighted by molar-refractivity contribution is 5.37. The van der Waals surface area contributed by atoms with Gasteiger partial charge in [0.1, 0.15) is 5.75 Å². The van der Waals surface area contributed by atoms with E-state index in [2.05, 4.69) is 43.9 Å². The number of hydrogen-bond acceptors (Lipinski definition) is 4. The Morgan fingerprint density at radius 1 is 1.19 bits per heavy atom. The quantitative estimate of drug-likeness (QED) is 0.646. The Hall–Kier alpha value is -2.60. The normalized spacial score (nSPS) is 17.9. The second-order valence-electron chi connectivity index (χ2n) is 7.35. The number of likely N-dealkylation sites (tertiary alicyclic amines) is 1. The summed E-state index contributed by atoms with van der Waals surface area (Å²) in [7, 11) is 1.73. The van der Waals surface area contributed by atoms with Crippen LogP contribution in [0.5, 0.6) is 5.75 Å². The first kappa shape index (κ1) is 17.8. The average molecular weight is 365 g/mol. The largest absolute Gasteiger partial charge is 0.496 e. The van der Waals surface area contributed by atoms with Gasteiger partial charge in [0, 0.05) is 50.0 Å². The van der Waals surface area contributed by atoms with Gasteiger partial charge >= 0.3 is 0 Å². The van der Waals surface area contributed by atoms with Crippen molar-refractivity contribution in [1.82, 2.24) is 24.2 Å². The van der Waals surface area contributed by atoms with Crippen molar-refractivity contribution in [1.29, 1.82) is 0 Å². The molecule has 0 spiro atoms. The maximum absolute atomic E-state index is 5.55. The summed E-state index contributed by atoms with van der Waals surface area (Å²) in [5.74, 6) is 1.61. The number of nitrogens with zero attached hydrogens (tertiary/aromatic N) is 5. The van der Waals surface area contributed by atoms with Crippen molar-refractivity contribution in [2.75, 3.05) is 20.2 Å². The number of rotatable bonds is 7. The smallest absolute Gasteiger partial charge is 0.123 e. The molecule has 1 aliphatic rings. The molecule has 1 aliphatic heterocycles. The zero-order valence-electron chi connectivity index (χ0n) is 15.9. The molecule has 0 aliphatic carbocycles. The first-order chi connectivity index (χ1) is 13.3. The molecule has 2 aromatic heterocycles. The van der Waals surface area contributed by atoms with Gasteiger partial charge < -0.3 is 9.30 Å². The van der Waals surface area contributed by atoms with E-state index in [1.54, 1.807) is 7.11 Å². The Labute approximate surface area is 160 Å². The number of piperidine rings is 1. The van der Waals surface area contributed by atoms with E-state index in [9.17, 15) is 0 Å². The molecule has 0 saturated carbocycles. The van der Waals surface area contributed by atoms with Crippen LogP contribution in [-0.2, 0) is 19.6 Å². The van der Waals surface area contributed by atoms with Gasteiger partial charge in [-0.2, -0.15) is 5.10 Å². The first-order valence-corrected chi connectivity index (χ1v) is 9.61. The minimum Gasteiger partial charge on any atom is -0.496 e. The molecule has 1 fully saturated rings. The first-order valence-electron chi connectivity index (χ1n) is 9.61. The van der Waals surface area contributed by atoms with E-state index in [1.165, 1.54) is 30.5 Å². The molecular formula is C21H27N5O. The lowest BCUT2D eigenvalue weighted by Crippen LogP contribution is -2.36. The van der Waals surface area contributed by atoms with Crippen LogP contribution in [0, 0.1) is 5.92 Å². The molecule has 1 aromatic carbocycles. The second kappa shape index (κ2) is 8.39. The van der Waals surface area contributed by atoms with Crippen molar-refractivity contribution in [3.8, 4) is 5.75 Å². The van der Waals surface area contributed by atoms with E-state index in [0.717, 1.165) is 31.9 Å². The summed E-state index contributed by atoms with van der Waals surface area (Å²) in [6.45, 7) is 5.08. The fourth-order valence-corrected chi connectivity index (χ4v) is 4.02. The number of imidazole rings is 1. The van der Waals surface area contributed by atoms with Gasteiger partial charge in [-0.3, -0.25) is 9.58 Å². The van der Waals surface area contributed by atoms with Crippen LogP contribution >= 0.6 is 0 Å². The van der Waals surface area contributed by atoms with E-state index < -0.39 is 0 Å². The Morgan fingerprint density at radius 2 is 2.15 bits per heavy atom. The van der Waals surface area contributed by atoms with Crippen LogP contribution < -0.4 is 4.74 Å². The van der Waals surface area contributed by atoms with E-state index in [1.807, 2.05) is 35.7 Å². The molecule has 1 atom stereocenters. The highest BCUT2D eigenvalue weighted by atomic mass is 16.5. The summed E-state index contributed by atoms with van der Waals surface area (Å²) in [5.41, 5.74) is 2.51. The summed E-state index contributed by atoms with van der Waals surface area (Å²) in [6, 6.07) is 8.48. The topological polar surface area (TPSA) is 48.1 Å². The Bertz CT molecular complexity index is 828. The summed E-state index contributed by atoms with van der Waals surface area (Å²) in [5, 5.41) is 4.32. The number of hydrogen-bond donors (Lipinski definition) is 0. The Morgan fingerprint density at radius 3 is 2.93 bits per heavy atom. The Balaban J connectivity index is 1.42. The molecule has 0 bridgehead atoms. The minimum absolute atomic E-state index is 0.690. The maximum atomic E-state index is 5.55. The van der Waals surface area contributed by atoms with Gasteiger partial charge in [0.2, 0.25) is 0 Å². The molecule has 0 unspecified atom stereocenters. The highest BCUT2D eigenvalue weighted by Crippen LogP contribution is 2.24. The third-order valence-electron chi connectivity index (χ3n) is 5.27. The van der Waals surface area contributed by atoms with Crippen LogP contribution in [0.4, 0.5) is 0 Å². The molecule has 142 valence electrons. The van der Waals surface area contributed by atoms with Crippen molar-refractivity contribution in [2.24, 2.45) is 5.92 Å². The number of benzene rings is 1. The van der Waals surface area contributed by atoms with Gasteiger partial charge in [0.05, 0.1) is 20.0 Å². The zero-order valence-corrected chi connectivity index (χ0v) is 15.9. The highest BCUT2D eigenvalue weighted by Gasteiger charge is 2.20. The van der Waals surface area contributed by atoms with E-state index in [4.69, 9.17) is 4.74 Å². The summed E-state index contributed by atoms with van der Waals surface area (Å²) in [6.07, 6.45) is 12.2. The minimum atomic E-state index is 0.690. The summed E-state index contributed by atoms with van der Waals surface area (Å²) in [4.78, 5) is 6.74. The number of aromatic nitrogens is 4. The van der Waals surface area contributed by atoms with Crippen LogP contribution in [0.2, 0.25) is 0 Å². The van der Waals surface area contributed by atoms with Crippen molar-refractivity contribution in [3.63, 3.8) is 0 Å². The van der Waals surface area contributed by atoms with Crippen LogP contribution in [0.25, 0.3) is 0 Å². The molecule has 3 aromatic rings. The van der Waals surface area contributed by atoms with Gasteiger partial charge in [0.25, 0.3) is 0 Å². The van der Waals surface area contributed by atoms with Crippen molar-refractivity contribution < 1.29 is 4.74 Å². The monoisotopic (exact) mass is 365 g/mol. The fraction of sp³-hybridized carbons (Fsp3) is 0.429. The SMILES string of the molecule is COc1ccc(CN2CCC[C@@H](Cn3ccnc3)C2)cc1Cn1cccn1. The molecule has 3 heterocycles. The lowest BCUT2D eigenvalue weighted by atomic mass is 9.97. The molecular weight excluding hydrogens is 338 g/mol. The second-order valence-corrected chi connectivity index (χ2v) is 7.35. The maximum Gasteiger partial charge on any atom is 0.123 e. The van der Waals surface area contributed by atoms with Crippen molar-refractivity contribution in [2.45, 2.75) is 32.5 Å². The molecule has 0 radical (unpaired) electrons. The molecule has 4 rings (SSSR count). The van der Waals surface area contributed by atoms with Gasteiger partial charge in [-0.25, -0.2) is 4.98 Å². The van der Waals surface area contributed by atoms with Gasteiger partial charge in [0.15, 0.2) is 0 Å². The van der Waals surface area contributed by atoms with Crippen LogP contribution in [0.15, 0.2) is 55.4 Å². The van der Waals surface area contributed by atoms with Crippen LogP contribution in [0.3, 0.4) is 0 Å².